The van der Waals surface area contributed by atoms with Gasteiger partial charge in [-0.15, -0.1) is 0 Å². The molecule has 0 saturated carbocycles. The number of para-hydroxylation sites is 1. The quantitative estimate of drug-likeness (QED) is 0.489. The second-order valence-electron chi connectivity index (χ2n) is 7.11. The minimum absolute atomic E-state index is 0.00110. The zero-order valence-corrected chi connectivity index (χ0v) is 18.3. The van der Waals surface area contributed by atoms with Gasteiger partial charge in [-0.2, -0.15) is 13.2 Å². The summed E-state index contributed by atoms with van der Waals surface area (Å²) in [7, 11) is -3.81. The zero-order valence-electron chi connectivity index (χ0n) is 17.5. The minimum Gasteiger partial charge on any atom is -0.484 e. The first-order valence-corrected chi connectivity index (χ1v) is 11.3. The van der Waals surface area contributed by atoms with Gasteiger partial charge < -0.3 is 10.1 Å². The van der Waals surface area contributed by atoms with Gasteiger partial charge in [-0.1, -0.05) is 42.5 Å². The number of alkyl halides is 3. The van der Waals surface area contributed by atoms with Crippen LogP contribution in [0.1, 0.15) is 24.1 Å². The fraction of sp³-hybridized carbons (Fsp3) is 0.174. The molecular formula is C23H21F3N2O4S. The molecule has 1 amide bonds. The third kappa shape index (κ3) is 6.56. The Hall–Kier alpha value is -3.37. The fourth-order valence-corrected chi connectivity index (χ4v) is 4.23. The number of carbonyl (C=O) groups excluding carboxylic acids is 1. The highest BCUT2D eigenvalue weighted by atomic mass is 32.2. The SMILES string of the molecule is C[C@H](NS(=O)(=O)c1ccc(OCC(=O)Nc2ccccc2C(F)(F)F)cc1)c1ccccc1. The van der Waals surface area contributed by atoms with Crippen molar-refractivity contribution in [2.45, 2.75) is 24.0 Å². The third-order valence-corrected chi connectivity index (χ3v) is 6.20. The molecular weight excluding hydrogens is 457 g/mol. The van der Waals surface area contributed by atoms with E-state index in [0.29, 0.717) is 0 Å². The summed E-state index contributed by atoms with van der Waals surface area (Å²) < 4.78 is 72.1. The number of sulfonamides is 1. The van der Waals surface area contributed by atoms with Crippen molar-refractivity contribution in [1.29, 1.82) is 0 Å². The van der Waals surface area contributed by atoms with Gasteiger partial charge in [-0.3, -0.25) is 4.79 Å². The van der Waals surface area contributed by atoms with E-state index in [2.05, 4.69) is 10.0 Å². The molecule has 3 aromatic carbocycles. The van der Waals surface area contributed by atoms with E-state index < -0.39 is 40.3 Å². The number of carbonyl (C=O) groups is 1. The van der Waals surface area contributed by atoms with Gasteiger partial charge in [-0.05, 0) is 48.9 Å². The maximum absolute atomic E-state index is 13.0. The third-order valence-electron chi connectivity index (χ3n) is 4.64. The Morgan fingerprint density at radius 1 is 0.939 bits per heavy atom. The van der Waals surface area contributed by atoms with Crippen molar-refractivity contribution in [3.8, 4) is 5.75 Å². The van der Waals surface area contributed by atoms with E-state index in [1.54, 1.807) is 6.92 Å². The van der Waals surface area contributed by atoms with Crippen LogP contribution in [-0.2, 0) is 21.0 Å². The molecule has 0 spiro atoms. The molecule has 3 rings (SSSR count). The van der Waals surface area contributed by atoms with Gasteiger partial charge in [0, 0.05) is 6.04 Å². The molecule has 0 aromatic heterocycles. The largest absolute Gasteiger partial charge is 0.484 e. The Balaban J connectivity index is 1.59. The Bertz CT molecular complexity index is 1200. The normalized spacial score (nSPS) is 12.7. The van der Waals surface area contributed by atoms with Gasteiger partial charge in [0.25, 0.3) is 5.91 Å². The molecule has 174 valence electrons. The summed E-state index contributed by atoms with van der Waals surface area (Å²) in [6.07, 6.45) is -4.61. The lowest BCUT2D eigenvalue weighted by atomic mass is 10.1. The summed E-state index contributed by atoms with van der Waals surface area (Å²) >= 11 is 0. The van der Waals surface area contributed by atoms with Crippen LogP contribution in [0, 0.1) is 0 Å². The monoisotopic (exact) mass is 478 g/mol. The lowest BCUT2D eigenvalue weighted by Gasteiger charge is -2.15. The highest BCUT2D eigenvalue weighted by Crippen LogP contribution is 2.34. The second-order valence-corrected chi connectivity index (χ2v) is 8.82. The number of halogens is 3. The molecule has 3 aromatic rings. The van der Waals surface area contributed by atoms with Crippen molar-refractivity contribution in [3.63, 3.8) is 0 Å². The van der Waals surface area contributed by atoms with Crippen molar-refractivity contribution < 1.29 is 31.1 Å². The molecule has 1 atom stereocenters. The zero-order chi connectivity index (χ0) is 24.1. The number of nitrogens with one attached hydrogen (secondary N) is 2. The molecule has 0 aliphatic rings. The molecule has 0 bridgehead atoms. The minimum atomic E-state index is -4.61. The Morgan fingerprint density at radius 3 is 2.18 bits per heavy atom. The number of amides is 1. The Labute approximate surface area is 189 Å². The average Bonchev–Trinajstić information content (AvgIpc) is 2.78. The van der Waals surface area contributed by atoms with Crippen LogP contribution in [0.2, 0.25) is 0 Å². The lowest BCUT2D eigenvalue weighted by Crippen LogP contribution is -2.26. The van der Waals surface area contributed by atoms with E-state index in [1.165, 1.54) is 36.4 Å². The summed E-state index contributed by atoms with van der Waals surface area (Å²) in [5, 5.41) is 2.17. The number of rotatable bonds is 8. The maximum Gasteiger partial charge on any atom is 0.418 e. The van der Waals surface area contributed by atoms with Crippen LogP contribution in [0.4, 0.5) is 18.9 Å². The van der Waals surface area contributed by atoms with E-state index in [1.807, 2.05) is 30.3 Å². The fourth-order valence-electron chi connectivity index (χ4n) is 3.00. The molecule has 0 radical (unpaired) electrons. The number of hydrogen-bond acceptors (Lipinski definition) is 4. The van der Waals surface area contributed by atoms with Crippen LogP contribution in [0.3, 0.4) is 0 Å². The van der Waals surface area contributed by atoms with E-state index in [-0.39, 0.29) is 16.3 Å². The van der Waals surface area contributed by atoms with Crippen LogP contribution in [0.15, 0.2) is 83.8 Å². The van der Waals surface area contributed by atoms with Crippen LogP contribution in [0.5, 0.6) is 5.75 Å². The van der Waals surface area contributed by atoms with Gasteiger partial charge in [0.1, 0.15) is 5.75 Å². The van der Waals surface area contributed by atoms with E-state index in [4.69, 9.17) is 4.74 Å². The van der Waals surface area contributed by atoms with Gasteiger partial charge in [0.05, 0.1) is 16.1 Å². The first-order chi connectivity index (χ1) is 15.6. The maximum atomic E-state index is 13.0. The highest BCUT2D eigenvalue weighted by molar-refractivity contribution is 7.89. The molecule has 0 fully saturated rings. The topological polar surface area (TPSA) is 84.5 Å². The van der Waals surface area contributed by atoms with E-state index in [0.717, 1.165) is 17.7 Å². The molecule has 6 nitrogen and oxygen atoms in total. The summed E-state index contributed by atoms with van der Waals surface area (Å²) in [6.45, 7) is 1.17. The van der Waals surface area contributed by atoms with Crippen LogP contribution < -0.4 is 14.8 Å². The summed E-state index contributed by atoms with van der Waals surface area (Å²) in [4.78, 5) is 12.0. The number of anilines is 1. The number of ether oxygens (including phenoxy) is 1. The molecule has 2 N–H and O–H groups in total. The van der Waals surface area contributed by atoms with Crippen molar-refractivity contribution in [2.24, 2.45) is 0 Å². The first-order valence-electron chi connectivity index (χ1n) is 9.82. The van der Waals surface area contributed by atoms with Gasteiger partial charge in [0.15, 0.2) is 6.61 Å². The molecule has 0 aliphatic carbocycles. The standard InChI is InChI=1S/C23H21F3N2O4S/c1-16(17-7-3-2-4-8-17)28-33(30,31)19-13-11-18(12-14-19)32-15-22(29)27-21-10-6-5-9-20(21)23(24,25)26/h2-14,16,28H,15H2,1H3,(H,27,29)/t16-/m0/s1. The van der Waals surface area contributed by atoms with Crippen LogP contribution in [0.25, 0.3) is 0 Å². The van der Waals surface area contributed by atoms with Crippen LogP contribution >= 0.6 is 0 Å². The Morgan fingerprint density at radius 2 is 1.55 bits per heavy atom. The van der Waals surface area contributed by atoms with Crippen molar-refractivity contribution >= 4 is 21.6 Å². The van der Waals surface area contributed by atoms with Crippen molar-refractivity contribution in [3.05, 3.63) is 90.0 Å². The number of benzene rings is 3. The Kier molecular flexibility index (Phi) is 7.39. The predicted octanol–water partition coefficient (Wildman–Crippen LogP) is 4.76. The highest BCUT2D eigenvalue weighted by Gasteiger charge is 2.33. The van der Waals surface area contributed by atoms with E-state index >= 15 is 0 Å². The second kappa shape index (κ2) is 10.1. The summed E-state index contributed by atoms with van der Waals surface area (Å²) in [5.74, 6) is -0.605. The first kappa shape index (κ1) is 24.3. The predicted molar refractivity (Wildman–Crippen MR) is 117 cm³/mol. The molecule has 0 aliphatic heterocycles. The lowest BCUT2D eigenvalue weighted by molar-refractivity contribution is -0.137. The van der Waals surface area contributed by atoms with Crippen molar-refractivity contribution in [2.75, 3.05) is 11.9 Å². The molecule has 0 saturated heterocycles. The average molecular weight is 478 g/mol. The van der Waals surface area contributed by atoms with Crippen LogP contribution in [-0.4, -0.2) is 20.9 Å². The molecule has 0 unspecified atom stereocenters. The van der Waals surface area contributed by atoms with Gasteiger partial charge in [-0.25, -0.2) is 13.1 Å². The van der Waals surface area contributed by atoms with Gasteiger partial charge >= 0.3 is 6.18 Å². The molecule has 0 heterocycles. The van der Waals surface area contributed by atoms with Crippen molar-refractivity contribution in [1.82, 2.24) is 4.72 Å². The van der Waals surface area contributed by atoms with E-state index in [9.17, 15) is 26.4 Å². The summed E-state index contributed by atoms with van der Waals surface area (Å²) in [6, 6.07) is 18.6. The molecule has 33 heavy (non-hydrogen) atoms. The number of hydrogen-bond donors (Lipinski definition) is 2. The summed E-state index contributed by atoms with van der Waals surface area (Å²) in [5.41, 5.74) is -0.539. The molecule has 10 heteroatoms. The van der Waals surface area contributed by atoms with Gasteiger partial charge in [0.2, 0.25) is 10.0 Å². The smallest absolute Gasteiger partial charge is 0.418 e.